The number of carbonyl (C=O) groups is 1. The lowest BCUT2D eigenvalue weighted by Gasteiger charge is -2.07. The summed E-state index contributed by atoms with van der Waals surface area (Å²) in [6.45, 7) is 4.21. The summed E-state index contributed by atoms with van der Waals surface area (Å²) in [6, 6.07) is 15.2. The highest BCUT2D eigenvalue weighted by Gasteiger charge is 2.20. The molecule has 0 aliphatic carbocycles. The molecule has 2 aromatic carbocycles. The van der Waals surface area contributed by atoms with Crippen LogP contribution < -0.4 is 5.32 Å². The molecule has 0 atom stereocenters. The number of para-hydroxylation sites is 2. The third kappa shape index (κ3) is 3.31. The number of amides is 1. The number of aromatic nitrogens is 4. The van der Waals surface area contributed by atoms with Crippen molar-refractivity contribution in [3.63, 3.8) is 0 Å². The van der Waals surface area contributed by atoms with Gasteiger partial charge >= 0.3 is 0 Å². The van der Waals surface area contributed by atoms with Crippen molar-refractivity contribution in [2.45, 2.75) is 20.4 Å². The number of carbonyl (C=O) groups excluding carboxylic acids is 1. The molecule has 0 saturated heterocycles. The minimum Gasteiger partial charge on any atom is -0.324 e. The van der Waals surface area contributed by atoms with E-state index in [1.54, 1.807) is 4.68 Å². The predicted molar refractivity (Wildman–Crippen MR) is 106 cm³/mol. The van der Waals surface area contributed by atoms with E-state index in [-0.39, 0.29) is 5.91 Å². The van der Waals surface area contributed by atoms with E-state index >= 15 is 0 Å². The van der Waals surface area contributed by atoms with Gasteiger partial charge in [-0.25, -0.2) is 4.98 Å². The third-order valence-electron chi connectivity index (χ3n) is 4.51. The highest BCUT2D eigenvalue weighted by atomic mass is 35.5. The van der Waals surface area contributed by atoms with E-state index < -0.39 is 0 Å². The summed E-state index contributed by atoms with van der Waals surface area (Å²) < 4.78 is 1.80. The maximum Gasteiger partial charge on any atom is 0.261 e. The lowest BCUT2D eigenvalue weighted by Crippen LogP contribution is -2.15. The van der Waals surface area contributed by atoms with Crippen LogP contribution in [0.1, 0.15) is 27.3 Å². The Hall–Kier alpha value is -3.12. The Morgan fingerprint density at radius 2 is 1.89 bits per heavy atom. The summed E-state index contributed by atoms with van der Waals surface area (Å²) in [7, 11) is 0. The quantitative estimate of drug-likeness (QED) is 0.554. The first-order valence-electron chi connectivity index (χ1n) is 8.56. The normalized spacial score (nSPS) is 11.1. The first-order valence-corrected chi connectivity index (χ1v) is 8.94. The molecule has 1 amide bonds. The number of aryl methyl sites for hydroxylation is 1. The average molecular weight is 380 g/mol. The molecule has 4 aromatic rings. The van der Waals surface area contributed by atoms with E-state index in [4.69, 9.17) is 11.6 Å². The van der Waals surface area contributed by atoms with Crippen LogP contribution in [0.3, 0.4) is 0 Å². The molecule has 4 rings (SSSR count). The molecule has 2 N–H and O–H groups in total. The van der Waals surface area contributed by atoms with Crippen molar-refractivity contribution in [2.24, 2.45) is 0 Å². The van der Waals surface area contributed by atoms with Gasteiger partial charge in [0.15, 0.2) is 0 Å². The lowest BCUT2D eigenvalue weighted by molar-refractivity contribution is 0.102. The number of nitrogens with one attached hydrogen (secondary N) is 2. The molecule has 2 heterocycles. The Kier molecular flexibility index (Phi) is 4.41. The highest BCUT2D eigenvalue weighted by molar-refractivity contribution is 6.31. The van der Waals surface area contributed by atoms with E-state index in [1.807, 2.05) is 62.4 Å². The number of aromatic amines is 1. The topological polar surface area (TPSA) is 75.6 Å². The number of benzene rings is 2. The standard InChI is InChI=1S/C20H18ClN5O/c1-12-18(13(2)26(25-12)11-14-7-3-4-8-15(14)21)19(27)24-20-22-16-9-5-6-10-17(16)23-20/h3-10H,11H2,1-2H3,(H2,22,23,24,27). The molecule has 27 heavy (non-hydrogen) atoms. The number of halogens is 1. The zero-order valence-electron chi connectivity index (χ0n) is 15.0. The van der Waals surface area contributed by atoms with Crippen LogP contribution in [0.25, 0.3) is 11.0 Å². The van der Waals surface area contributed by atoms with Gasteiger partial charge in [-0.05, 0) is 37.6 Å². The second-order valence-electron chi connectivity index (χ2n) is 6.35. The Balaban J connectivity index is 1.60. The number of nitrogens with zero attached hydrogens (tertiary/aromatic N) is 3. The van der Waals surface area contributed by atoms with E-state index in [2.05, 4.69) is 20.4 Å². The average Bonchev–Trinajstić information content (AvgIpc) is 3.16. The minimum absolute atomic E-state index is 0.241. The summed E-state index contributed by atoms with van der Waals surface area (Å²) in [5, 5.41) is 8.03. The molecule has 0 fully saturated rings. The zero-order chi connectivity index (χ0) is 19.0. The van der Waals surface area contributed by atoms with Gasteiger partial charge < -0.3 is 4.98 Å². The predicted octanol–water partition coefficient (Wildman–Crippen LogP) is 4.33. The number of imidazole rings is 1. The summed E-state index contributed by atoms with van der Waals surface area (Å²) in [5.41, 5.74) is 4.61. The molecule has 0 spiro atoms. The molecular formula is C20H18ClN5O. The molecule has 2 aromatic heterocycles. The van der Waals surface area contributed by atoms with Crippen molar-refractivity contribution >= 4 is 34.5 Å². The van der Waals surface area contributed by atoms with Crippen molar-refractivity contribution < 1.29 is 4.79 Å². The molecular weight excluding hydrogens is 362 g/mol. The Bertz CT molecular complexity index is 1110. The van der Waals surface area contributed by atoms with Crippen molar-refractivity contribution in [3.05, 3.63) is 76.1 Å². The Morgan fingerprint density at radius 3 is 2.67 bits per heavy atom. The minimum atomic E-state index is -0.241. The number of hydrogen-bond acceptors (Lipinski definition) is 3. The van der Waals surface area contributed by atoms with Crippen LogP contribution in [0, 0.1) is 13.8 Å². The Morgan fingerprint density at radius 1 is 1.15 bits per heavy atom. The molecule has 0 aliphatic rings. The van der Waals surface area contributed by atoms with Gasteiger partial charge in [-0.15, -0.1) is 0 Å². The first-order chi connectivity index (χ1) is 13.0. The van der Waals surface area contributed by atoms with E-state index in [1.165, 1.54) is 0 Å². The fourth-order valence-corrected chi connectivity index (χ4v) is 3.34. The zero-order valence-corrected chi connectivity index (χ0v) is 15.7. The lowest BCUT2D eigenvalue weighted by atomic mass is 10.2. The fraction of sp³-hybridized carbons (Fsp3) is 0.150. The van der Waals surface area contributed by atoms with Crippen molar-refractivity contribution in [3.8, 4) is 0 Å². The van der Waals surface area contributed by atoms with Gasteiger partial charge in [0.25, 0.3) is 5.91 Å². The van der Waals surface area contributed by atoms with Crippen LogP contribution in [0.15, 0.2) is 48.5 Å². The second-order valence-corrected chi connectivity index (χ2v) is 6.76. The molecule has 0 radical (unpaired) electrons. The maximum atomic E-state index is 12.8. The molecule has 6 nitrogen and oxygen atoms in total. The van der Waals surface area contributed by atoms with Gasteiger partial charge in [0.1, 0.15) is 0 Å². The maximum absolute atomic E-state index is 12.8. The molecule has 0 unspecified atom stereocenters. The van der Waals surface area contributed by atoms with Gasteiger partial charge in [-0.3, -0.25) is 14.8 Å². The largest absolute Gasteiger partial charge is 0.324 e. The molecule has 0 bridgehead atoms. The van der Waals surface area contributed by atoms with E-state index in [9.17, 15) is 4.79 Å². The molecule has 136 valence electrons. The van der Waals surface area contributed by atoms with E-state index in [0.29, 0.717) is 28.8 Å². The van der Waals surface area contributed by atoms with Gasteiger partial charge in [0.05, 0.1) is 28.8 Å². The van der Waals surface area contributed by atoms with Crippen LogP contribution in [0.5, 0.6) is 0 Å². The highest BCUT2D eigenvalue weighted by Crippen LogP contribution is 2.21. The van der Waals surface area contributed by atoms with Gasteiger partial charge in [0.2, 0.25) is 5.95 Å². The summed E-state index contributed by atoms with van der Waals surface area (Å²) in [4.78, 5) is 20.3. The number of fused-ring (bicyclic) bond motifs is 1. The second kappa shape index (κ2) is 6.89. The summed E-state index contributed by atoms with van der Waals surface area (Å²) in [5.74, 6) is 0.174. The van der Waals surface area contributed by atoms with E-state index in [0.717, 1.165) is 22.3 Å². The molecule has 7 heteroatoms. The Labute approximate surface area is 161 Å². The van der Waals surface area contributed by atoms with Crippen LogP contribution >= 0.6 is 11.6 Å². The fourth-order valence-electron chi connectivity index (χ4n) is 3.15. The summed E-state index contributed by atoms with van der Waals surface area (Å²) >= 11 is 6.25. The molecule has 0 aliphatic heterocycles. The van der Waals surface area contributed by atoms with Gasteiger partial charge in [-0.1, -0.05) is 41.9 Å². The van der Waals surface area contributed by atoms with Crippen molar-refractivity contribution in [1.82, 2.24) is 19.7 Å². The number of rotatable bonds is 4. The third-order valence-corrected chi connectivity index (χ3v) is 4.88. The van der Waals surface area contributed by atoms with Crippen LogP contribution in [0.2, 0.25) is 5.02 Å². The van der Waals surface area contributed by atoms with Crippen LogP contribution in [-0.2, 0) is 6.54 Å². The molecule has 0 saturated carbocycles. The number of anilines is 1. The monoisotopic (exact) mass is 379 g/mol. The first kappa shape index (κ1) is 17.3. The van der Waals surface area contributed by atoms with Crippen molar-refractivity contribution in [2.75, 3.05) is 5.32 Å². The number of hydrogen-bond donors (Lipinski definition) is 2. The summed E-state index contributed by atoms with van der Waals surface area (Å²) in [6.07, 6.45) is 0. The SMILES string of the molecule is Cc1nn(Cc2ccccc2Cl)c(C)c1C(=O)Nc1nc2ccccc2[nH]1. The van der Waals surface area contributed by atoms with Crippen LogP contribution in [0.4, 0.5) is 5.95 Å². The smallest absolute Gasteiger partial charge is 0.261 e. The van der Waals surface area contributed by atoms with Gasteiger partial charge in [-0.2, -0.15) is 5.10 Å². The van der Waals surface area contributed by atoms with Gasteiger partial charge in [0, 0.05) is 10.7 Å². The van der Waals surface area contributed by atoms with Crippen molar-refractivity contribution in [1.29, 1.82) is 0 Å². The van der Waals surface area contributed by atoms with Crippen LogP contribution in [-0.4, -0.2) is 25.7 Å². The number of H-pyrrole nitrogens is 1.